The van der Waals surface area contributed by atoms with Crippen molar-refractivity contribution in [2.45, 2.75) is 58.0 Å². The molecular weight excluding hydrogens is 504 g/mol. The number of benzene rings is 2. The molecule has 2 aromatic carbocycles. The third kappa shape index (κ3) is 8.61. The molecule has 1 aliphatic rings. The number of hydrogen-bond donors (Lipinski definition) is 1. The molecule has 1 aliphatic heterocycles. The van der Waals surface area contributed by atoms with E-state index in [0.717, 1.165) is 0 Å². The van der Waals surface area contributed by atoms with E-state index in [1.165, 1.54) is 7.11 Å². The van der Waals surface area contributed by atoms with Gasteiger partial charge in [0.05, 0.1) is 48.1 Å². The Morgan fingerprint density at radius 2 is 1.49 bits per heavy atom. The van der Waals surface area contributed by atoms with Crippen molar-refractivity contribution >= 4 is 17.9 Å². The quantitative estimate of drug-likeness (QED) is 0.315. The van der Waals surface area contributed by atoms with Gasteiger partial charge in [-0.25, -0.2) is 9.59 Å². The van der Waals surface area contributed by atoms with E-state index in [4.69, 9.17) is 23.7 Å². The van der Waals surface area contributed by atoms with Crippen LogP contribution in [0.5, 0.6) is 0 Å². The molecule has 9 nitrogen and oxygen atoms in total. The molecule has 1 heterocycles. The fraction of sp³-hybridized carbons (Fsp3) is 0.500. The second kappa shape index (κ2) is 14.2. The summed E-state index contributed by atoms with van der Waals surface area (Å²) in [5, 5.41) is 10.1. The summed E-state index contributed by atoms with van der Waals surface area (Å²) in [5.74, 6) is -1.81. The lowest BCUT2D eigenvalue weighted by molar-refractivity contribution is -0.154. The molecule has 0 bridgehead atoms. The minimum Gasteiger partial charge on any atom is -0.465 e. The van der Waals surface area contributed by atoms with Gasteiger partial charge in [0, 0.05) is 25.9 Å². The van der Waals surface area contributed by atoms with E-state index in [9.17, 15) is 19.5 Å². The highest BCUT2D eigenvalue weighted by Gasteiger charge is 2.45. The molecule has 5 atom stereocenters. The molecule has 1 N–H and O–H groups in total. The maximum Gasteiger partial charge on any atom is 0.338 e. The lowest BCUT2D eigenvalue weighted by atomic mass is 9.93. The van der Waals surface area contributed by atoms with Gasteiger partial charge in [0.15, 0.2) is 0 Å². The fourth-order valence-electron chi connectivity index (χ4n) is 4.42. The number of ether oxygens (including phenoxy) is 5. The summed E-state index contributed by atoms with van der Waals surface area (Å²) in [4.78, 5) is 37.5. The minimum atomic E-state index is -0.843. The van der Waals surface area contributed by atoms with Crippen LogP contribution in [-0.2, 0) is 28.5 Å². The Balaban J connectivity index is 1.70. The van der Waals surface area contributed by atoms with E-state index in [0.29, 0.717) is 17.5 Å². The largest absolute Gasteiger partial charge is 0.465 e. The second-order valence-electron chi connectivity index (χ2n) is 10.5. The van der Waals surface area contributed by atoms with Crippen molar-refractivity contribution < 1.29 is 43.2 Å². The van der Waals surface area contributed by atoms with Crippen molar-refractivity contribution in [3.8, 4) is 0 Å². The van der Waals surface area contributed by atoms with Crippen LogP contribution in [-0.4, -0.2) is 74.4 Å². The number of aliphatic hydroxyl groups is 1. The Morgan fingerprint density at radius 3 is 2.03 bits per heavy atom. The number of carbonyl (C=O) groups is 3. The van der Waals surface area contributed by atoms with Gasteiger partial charge in [-0.15, -0.1) is 0 Å². The van der Waals surface area contributed by atoms with Gasteiger partial charge >= 0.3 is 17.9 Å². The number of esters is 3. The molecule has 9 heteroatoms. The SMILES string of the molecule is CO[C@@H]1[C@@H](CO)[C@H](CCOC(=O)C(C)(C)C)O[C@@H]1C[C@@H](COC(=O)c1ccccc1)OC(=O)c1ccccc1. The first-order chi connectivity index (χ1) is 18.6. The van der Waals surface area contributed by atoms with Gasteiger partial charge in [-0.3, -0.25) is 4.79 Å². The van der Waals surface area contributed by atoms with E-state index >= 15 is 0 Å². The van der Waals surface area contributed by atoms with Crippen LogP contribution in [0.4, 0.5) is 0 Å². The molecular formula is C30H38O9. The van der Waals surface area contributed by atoms with Gasteiger partial charge in [0.2, 0.25) is 0 Å². The van der Waals surface area contributed by atoms with E-state index < -0.39 is 41.8 Å². The number of aliphatic hydroxyl groups excluding tert-OH is 1. The standard InChI is InChI=1S/C30H38O9/c1-30(2,3)29(34)36-16-15-24-23(18-31)26(35-4)25(39-24)17-22(38-28(33)21-13-9-6-10-14-21)19-37-27(32)20-11-7-5-8-12-20/h5-14,22-26,31H,15-19H2,1-4H3/t22-,23-,24-,25+,26+/m0/s1. The molecule has 39 heavy (non-hydrogen) atoms. The molecule has 0 amide bonds. The van der Waals surface area contributed by atoms with Crippen molar-refractivity contribution in [2.24, 2.45) is 11.3 Å². The average molecular weight is 543 g/mol. The Hall–Kier alpha value is -3.27. The first-order valence-corrected chi connectivity index (χ1v) is 13.1. The number of methoxy groups -OCH3 is 1. The van der Waals surface area contributed by atoms with Crippen molar-refractivity contribution in [3.63, 3.8) is 0 Å². The zero-order valence-corrected chi connectivity index (χ0v) is 22.9. The van der Waals surface area contributed by atoms with Gasteiger partial charge in [-0.2, -0.15) is 0 Å². The number of rotatable bonds is 12. The molecule has 1 fully saturated rings. The van der Waals surface area contributed by atoms with Gasteiger partial charge in [0.25, 0.3) is 0 Å². The molecule has 0 spiro atoms. The monoisotopic (exact) mass is 542 g/mol. The third-order valence-corrected chi connectivity index (χ3v) is 6.53. The predicted molar refractivity (Wildman–Crippen MR) is 142 cm³/mol. The summed E-state index contributed by atoms with van der Waals surface area (Å²) in [6.07, 6.45) is -1.85. The van der Waals surface area contributed by atoms with E-state index in [1.807, 2.05) is 0 Å². The Labute approximate surface area is 229 Å². The van der Waals surface area contributed by atoms with Crippen molar-refractivity contribution in [1.29, 1.82) is 0 Å². The molecule has 0 unspecified atom stereocenters. The van der Waals surface area contributed by atoms with Crippen LogP contribution in [0.2, 0.25) is 0 Å². The van der Waals surface area contributed by atoms with Crippen LogP contribution in [0.1, 0.15) is 54.3 Å². The van der Waals surface area contributed by atoms with Crippen molar-refractivity contribution in [2.75, 3.05) is 26.9 Å². The summed E-state index contributed by atoms with van der Waals surface area (Å²) in [5.41, 5.74) is 0.111. The maximum atomic E-state index is 12.8. The summed E-state index contributed by atoms with van der Waals surface area (Å²) >= 11 is 0. The average Bonchev–Trinajstić information content (AvgIpc) is 3.27. The fourth-order valence-corrected chi connectivity index (χ4v) is 4.42. The predicted octanol–water partition coefficient (Wildman–Crippen LogP) is 3.83. The highest BCUT2D eigenvalue weighted by Crippen LogP contribution is 2.34. The van der Waals surface area contributed by atoms with E-state index in [1.54, 1.807) is 81.4 Å². The first-order valence-electron chi connectivity index (χ1n) is 13.1. The molecule has 0 aliphatic carbocycles. The minimum absolute atomic E-state index is 0.127. The van der Waals surface area contributed by atoms with Crippen LogP contribution in [0.3, 0.4) is 0 Å². The normalized spacial score (nSPS) is 21.7. The zero-order valence-electron chi connectivity index (χ0n) is 22.9. The van der Waals surface area contributed by atoms with Gasteiger partial charge in [-0.1, -0.05) is 36.4 Å². The lowest BCUT2D eigenvalue weighted by Gasteiger charge is -2.25. The Bertz CT molecular complexity index is 1060. The Kier molecular flexibility index (Phi) is 11.0. The third-order valence-electron chi connectivity index (χ3n) is 6.53. The summed E-state index contributed by atoms with van der Waals surface area (Å²) < 4.78 is 28.5. The van der Waals surface area contributed by atoms with Crippen LogP contribution in [0.15, 0.2) is 60.7 Å². The molecule has 1 saturated heterocycles. The highest BCUT2D eigenvalue weighted by molar-refractivity contribution is 5.90. The smallest absolute Gasteiger partial charge is 0.338 e. The molecule has 0 saturated carbocycles. The number of carbonyl (C=O) groups excluding carboxylic acids is 3. The highest BCUT2D eigenvalue weighted by atomic mass is 16.6. The lowest BCUT2D eigenvalue weighted by Crippen LogP contribution is -2.36. The zero-order chi connectivity index (χ0) is 28.4. The van der Waals surface area contributed by atoms with Crippen LogP contribution in [0, 0.1) is 11.3 Å². The Morgan fingerprint density at radius 1 is 0.897 bits per heavy atom. The van der Waals surface area contributed by atoms with Crippen LogP contribution < -0.4 is 0 Å². The van der Waals surface area contributed by atoms with Crippen LogP contribution in [0.25, 0.3) is 0 Å². The maximum absolute atomic E-state index is 12.8. The topological polar surface area (TPSA) is 118 Å². The molecule has 0 aromatic heterocycles. The number of hydrogen-bond acceptors (Lipinski definition) is 9. The van der Waals surface area contributed by atoms with Crippen LogP contribution >= 0.6 is 0 Å². The summed E-state index contributed by atoms with van der Waals surface area (Å²) in [6.45, 7) is 5.05. The summed E-state index contributed by atoms with van der Waals surface area (Å²) in [7, 11) is 1.52. The van der Waals surface area contributed by atoms with E-state index in [-0.39, 0.29) is 38.1 Å². The van der Waals surface area contributed by atoms with Crippen molar-refractivity contribution in [1.82, 2.24) is 0 Å². The van der Waals surface area contributed by atoms with Gasteiger partial charge in [-0.05, 0) is 45.0 Å². The molecule has 212 valence electrons. The van der Waals surface area contributed by atoms with Crippen molar-refractivity contribution in [3.05, 3.63) is 71.8 Å². The molecule has 3 rings (SSSR count). The van der Waals surface area contributed by atoms with E-state index in [2.05, 4.69) is 0 Å². The molecule has 0 radical (unpaired) electrons. The molecule has 2 aromatic rings. The summed E-state index contributed by atoms with van der Waals surface area (Å²) in [6, 6.07) is 17.0. The second-order valence-corrected chi connectivity index (χ2v) is 10.5. The first kappa shape index (κ1) is 30.3. The van der Waals surface area contributed by atoms with Gasteiger partial charge in [0.1, 0.15) is 12.7 Å². The van der Waals surface area contributed by atoms with Gasteiger partial charge < -0.3 is 28.8 Å².